The second-order valence-electron chi connectivity index (χ2n) is 8.35. The van der Waals surface area contributed by atoms with Crippen molar-refractivity contribution in [2.75, 3.05) is 5.32 Å². The van der Waals surface area contributed by atoms with E-state index in [2.05, 4.69) is 10.4 Å². The van der Waals surface area contributed by atoms with Crippen LogP contribution in [0, 0.1) is 17.1 Å². The molecule has 0 unspecified atom stereocenters. The summed E-state index contributed by atoms with van der Waals surface area (Å²) in [7, 11) is 0. The zero-order valence-electron chi connectivity index (χ0n) is 19.5. The highest BCUT2D eigenvalue weighted by Gasteiger charge is 2.17. The molecule has 5 aromatic rings. The lowest BCUT2D eigenvalue weighted by Crippen LogP contribution is -2.13. The van der Waals surface area contributed by atoms with Crippen LogP contribution in [0.4, 0.5) is 10.1 Å². The number of fused-ring (bicyclic) bond motifs is 1. The Labute approximate surface area is 218 Å². The number of aromatic nitrogens is 2. The Morgan fingerprint density at radius 3 is 2.51 bits per heavy atom. The minimum absolute atomic E-state index is 0.0866. The summed E-state index contributed by atoms with van der Waals surface area (Å²) in [5.74, 6) is -0.976. The Morgan fingerprint density at radius 1 is 1.00 bits per heavy atom. The highest BCUT2D eigenvalue weighted by atomic mass is 35.5. The van der Waals surface area contributed by atoms with E-state index < -0.39 is 11.7 Å². The summed E-state index contributed by atoms with van der Waals surface area (Å²) in [4.78, 5) is 13.1. The van der Waals surface area contributed by atoms with Gasteiger partial charge in [0.25, 0.3) is 5.91 Å². The van der Waals surface area contributed by atoms with Crippen molar-refractivity contribution in [2.24, 2.45) is 0 Å². The minimum atomic E-state index is -0.539. The lowest BCUT2D eigenvalue weighted by atomic mass is 10.1. The fourth-order valence-corrected chi connectivity index (χ4v) is 4.34. The van der Waals surface area contributed by atoms with E-state index in [0.29, 0.717) is 27.5 Å². The van der Waals surface area contributed by atoms with Gasteiger partial charge in [0.15, 0.2) is 0 Å². The molecular weight excluding hydrogens is 487 g/mol. The van der Waals surface area contributed by atoms with Gasteiger partial charge in [-0.05, 0) is 29.7 Å². The first-order valence-corrected chi connectivity index (χ1v) is 11.9. The Bertz CT molecular complexity index is 1660. The maximum atomic E-state index is 14.4. The molecule has 0 spiro atoms. The maximum absolute atomic E-state index is 14.4. The molecule has 1 aromatic heterocycles. The quantitative estimate of drug-likeness (QED) is 0.197. The molecule has 0 fully saturated rings. The second kappa shape index (κ2) is 10.5. The smallest absolute Gasteiger partial charge is 0.266 e. The van der Waals surface area contributed by atoms with Gasteiger partial charge in [0.05, 0.1) is 12.2 Å². The first-order chi connectivity index (χ1) is 18.0. The summed E-state index contributed by atoms with van der Waals surface area (Å²) >= 11 is 6.22. The Balaban J connectivity index is 1.52. The van der Waals surface area contributed by atoms with Crippen LogP contribution >= 0.6 is 11.6 Å². The van der Waals surface area contributed by atoms with Crippen LogP contribution in [-0.2, 0) is 11.3 Å². The molecule has 0 saturated heterocycles. The molecule has 180 valence electrons. The summed E-state index contributed by atoms with van der Waals surface area (Å²) in [6, 6.07) is 29.2. The maximum Gasteiger partial charge on any atom is 0.266 e. The zero-order chi connectivity index (χ0) is 25.8. The summed E-state index contributed by atoms with van der Waals surface area (Å²) < 4.78 is 16.0. The van der Waals surface area contributed by atoms with Gasteiger partial charge < -0.3 is 5.32 Å². The number of hydrogen-bond acceptors (Lipinski definition) is 3. The number of nitrogens with one attached hydrogen (secondary N) is 1. The molecule has 1 amide bonds. The van der Waals surface area contributed by atoms with Crippen LogP contribution in [0.1, 0.15) is 11.1 Å². The summed E-state index contributed by atoms with van der Waals surface area (Å²) in [5, 5.41) is 19.5. The molecule has 0 bridgehead atoms. The second-order valence-corrected chi connectivity index (χ2v) is 8.75. The van der Waals surface area contributed by atoms with E-state index in [9.17, 15) is 14.4 Å². The van der Waals surface area contributed by atoms with Gasteiger partial charge in [-0.3, -0.25) is 9.48 Å². The molecule has 1 N–H and O–H groups in total. The molecule has 4 aromatic carbocycles. The predicted octanol–water partition coefficient (Wildman–Crippen LogP) is 7.09. The number of rotatable bonds is 6. The van der Waals surface area contributed by atoms with Crippen molar-refractivity contribution >= 4 is 40.0 Å². The third-order valence-corrected chi connectivity index (χ3v) is 6.28. The number of carbonyl (C=O) groups is 1. The molecule has 5 rings (SSSR count). The number of anilines is 1. The Morgan fingerprint density at radius 2 is 1.73 bits per heavy atom. The lowest BCUT2D eigenvalue weighted by molar-refractivity contribution is -0.112. The van der Waals surface area contributed by atoms with Gasteiger partial charge >= 0.3 is 0 Å². The standard InChI is InChI=1S/C30H20ClFN4O/c31-26-13-7-14-27(32)25(26)19-36-18-23(29(35-36)21-9-2-1-3-10-21)16-22(17-33)30(37)34-28-15-6-11-20-8-4-5-12-24(20)28/h1-16,18H,19H2,(H,34,37). The fourth-order valence-electron chi connectivity index (χ4n) is 4.12. The molecular formula is C30H20ClFN4O. The van der Waals surface area contributed by atoms with E-state index in [-0.39, 0.29) is 12.1 Å². The Kier molecular flexibility index (Phi) is 6.80. The SMILES string of the molecule is N#CC(=Cc1cn(Cc2c(F)cccc2Cl)nc1-c1ccccc1)C(=O)Nc1cccc2ccccc12. The molecule has 0 saturated carbocycles. The molecule has 37 heavy (non-hydrogen) atoms. The molecule has 5 nitrogen and oxygen atoms in total. The van der Waals surface area contributed by atoms with Crippen molar-refractivity contribution in [3.05, 3.63) is 125 Å². The van der Waals surface area contributed by atoms with Crippen LogP contribution in [0.5, 0.6) is 0 Å². The third kappa shape index (κ3) is 5.13. The average molecular weight is 507 g/mol. The van der Waals surface area contributed by atoms with Crippen molar-refractivity contribution in [2.45, 2.75) is 6.54 Å². The predicted molar refractivity (Wildman–Crippen MR) is 144 cm³/mol. The van der Waals surface area contributed by atoms with Gasteiger partial charge in [0.2, 0.25) is 0 Å². The van der Waals surface area contributed by atoms with Crippen LogP contribution in [0.15, 0.2) is 103 Å². The largest absolute Gasteiger partial charge is 0.321 e. The fraction of sp³-hybridized carbons (Fsp3) is 0.0333. The minimum Gasteiger partial charge on any atom is -0.321 e. The summed E-state index contributed by atoms with van der Waals surface area (Å²) in [6.45, 7) is 0.0866. The molecule has 7 heteroatoms. The van der Waals surface area contributed by atoms with E-state index in [1.54, 1.807) is 29.1 Å². The van der Waals surface area contributed by atoms with Crippen LogP contribution < -0.4 is 5.32 Å². The lowest BCUT2D eigenvalue weighted by Gasteiger charge is -2.08. The van der Waals surface area contributed by atoms with Crippen LogP contribution in [0.25, 0.3) is 28.1 Å². The number of hydrogen-bond donors (Lipinski definition) is 1. The van der Waals surface area contributed by atoms with Crippen LogP contribution in [0.3, 0.4) is 0 Å². The van der Waals surface area contributed by atoms with Gasteiger partial charge in [0, 0.05) is 39.0 Å². The number of benzene rings is 4. The zero-order valence-corrected chi connectivity index (χ0v) is 20.3. The van der Waals surface area contributed by atoms with Crippen molar-refractivity contribution in [3.8, 4) is 17.3 Å². The van der Waals surface area contributed by atoms with E-state index >= 15 is 0 Å². The first kappa shape index (κ1) is 24.0. The van der Waals surface area contributed by atoms with Crippen LogP contribution in [-0.4, -0.2) is 15.7 Å². The number of carbonyl (C=O) groups excluding carboxylic acids is 1. The number of nitriles is 1. The third-order valence-electron chi connectivity index (χ3n) is 5.92. The van der Waals surface area contributed by atoms with Gasteiger partial charge in [-0.2, -0.15) is 10.4 Å². The van der Waals surface area contributed by atoms with Crippen molar-refractivity contribution in [1.82, 2.24) is 9.78 Å². The summed E-state index contributed by atoms with van der Waals surface area (Å²) in [5.41, 5.74) is 2.71. The van der Waals surface area contributed by atoms with E-state index in [1.807, 2.05) is 72.8 Å². The molecule has 0 aliphatic carbocycles. The normalized spacial score (nSPS) is 11.3. The topological polar surface area (TPSA) is 70.7 Å². The van der Waals surface area contributed by atoms with Crippen molar-refractivity contribution in [3.63, 3.8) is 0 Å². The van der Waals surface area contributed by atoms with E-state index in [1.165, 1.54) is 12.1 Å². The number of halogens is 2. The molecule has 0 aliphatic rings. The highest BCUT2D eigenvalue weighted by Crippen LogP contribution is 2.27. The highest BCUT2D eigenvalue weighted by molar-refractivity contribution is 6.31. The molecule has 0 aliphatic heterocycles. The average Bonchev–Trinajstić information content (AvgIpc) is 3.32. The monoisotopic (exact) mass is 506 g/mol. The van der Waals surface area contributed by atoms with Crippen molar-refractivity contribution in [1.29, 1.82) is 5.26 Å². The van der Waals surface area contributed by atoms with Gasteiger partial charge in [-0.1, -0.05) is 84.4 Å². The first-order valence-electron chi connectivity index (χ1n) is 11.5. The summed E-state index contributed by atoms with van der Waals surface area (Å²) in [6.07, 6.45) is 3.17. The van der Waals surface area contributed by atoms with Crippen molar-refractivity contribution < 1.29 is 9.18 Å². The van der Waals surface area contributed by atoms with E-state index in [4.69, 9.17) is 11.6 Å². The van der Waals surface area contributed by atoms with Crippen LogP contribution in [0.2, 0.25) is 5.02 Å². The van der Waals surface area contributed by atoms with Gasteiger partial charge in [-0.15, -0.1) is 0 Å². The van der Waals surface area contributed by atoms with Gasteiger partial charge in [0.1, 0.15) is 17.5 Å². The molecule has 1 heterocycles. The van der Waals surface area contributed by atoms with E-state index in [0.717, 1.165) is 16.3 Å². The van der Waals surface area contributed by atoms with Gasteiger partial charge in [-0.25, -0.2) is 4.39 Å². The molecule has 0 radical (unpaired) electrons. The Hall–Kier alpha value is -4.73. The number of nitrogens with zero attached hydrogens (tertiary/aromatic N) is 3. The molecule has 0 atom stereocenters. The number of amides is 1.